The smallest absolute Gasteiger partial charge is 0.251 e. The molecule has 0 radical (unpaired) electrons. The highest BCUT2D eigenvalue weighted by Crippen LogP contribution is 2.20. The lowest BCUT2D eigenvalue weighted by atomic mass is 10.1. The van der Waals surface area contributed by atoms with Gasteiger partial charge in [-0.05, 0) is 50.6 Å². The van der Waals surface area contributed by atoms with Crippen molar-refractivity contribution in [2.24, 2.45) is 0 Å². The Hall–Kier alpha value is -3.08. The first kappa shape index (κ1) is 17.7. The van der Waals surface area contributed by atoms with Gasteiger partial charge in [-0.15, -0.1) is 0 Å². The van der Waals surface area contributed by atoms with Gasteiger partial charge in [-0.2, -0.15) is 5.10 Å². The molecule has 0 bridgehead atoms. The molecule has 3 rings (SSSR count). The van der Waals surface area contributed by atoms with Crippen LogP contribution in [0.1, 0.15) is 32.9 Å². The standard InChI is InChI=1S/C21H23N3O2/c1-14-10-11-17(12-20(14)26-4)21(25)22-13-19-15(2)23-24(16(19)3)18-8-6-5-7-9-18/h5-12H,13H2,1-4H3,(H,22,25). The third kappa shape index (κ3) is 3.47. The molecule has 0 aliphatic heterocycles. The molecule has 5 nitrogen and oxygen atoms in total. The summed E-state index contributed by atoms with van der Waals surface area (Å²) in [6.07, 6.45) is 0. The van der Waals surface area contributed by atoms with Crippen LogP contribution >= 0.6 is 0 Å². The Balaban J connectivity index is 1.78. The molecule has 3 aromatic rings. The van der Waals surface area contributed by atoms with Crippen LogP contribution in [-0.4, -0.2) is 22.8 Å². The number of amides is 1. The first-order valence-electron chi connectivity index (χ1n) is 8.54. The molecule has 26 heavy (non-hydrogen) atoms. The molecule has 1 aromatic heterocycles. The van der Waals surface area contributed by atoms with Crippen LogP contribution in [0.3, 0.4) is 0 Å². The Morgan fingerprint density at radius 2 is 1.85 bits per heavy atom. The molecule has 0 aliphatic rings. The van der Waals surface area contributed by atoms with Gasteiger partial charge in [0.15, 0.2) is 0 Å². The molecule has 0 atom stereocenters. The average molecular weight is 349 g/mol. The summed E-state index contributed by atoms with van der Waals surface area (Å²) >= 11 is 0. The Morgan fingerprint density at radius 3 is 2.54 bits per heavy atom. The first-order valence-corrected chi connectivity index (χ1v) is 8.54. The number of rotatable bonds is 5. The number of nitrogens with one attached hydrogen (secondary N) is 1. The SMILES string of the molecule is COc1cc(C(=O)NCc2c(C)nn(-c3ccccc3)c2C)ccc1C. The molecular weight excluding hydrogens is 326 g/mol. The summed E-state index contributed by atoms with van der Waals surface area (Å²) in [5.41, 5.74) is 5.55. The molecular formula is C21H23N3O2. The average Bonchev–Trinajstić information content (AvgIpc) is 2.94. The van der Waals surface area contributed by atoms with Crippen LogP contribution in [0.4, 0.5) is 0 Å². The van der Waals surface area contributed by atoms with Gasteiger partial charge in [0.25, 0.3) is 5.91 Å². The molecule has 1 amide bonds. The third-order valence-corrected chi connectivity index (χ3v) is 4.54. The maximum Gasteiger partial charge on any atom is 0.251 e. The summed E-state index contributed by atoms with van der Waals surface area (Å²) < 4.78 is 7.20. The van der Waals surface area contributed by atoms with Crippen LogP contribution in [0, 0.1) is 20.8 Å². The van der Waals surface area contributed by atoms with E-state index < -0.39 is 0 Å². The number of carbonyl (C=O) groups is 1. The monoisotopic (exact) mass is 349 g/mol. The number of aryl methyl sites for hydroxylation is 2. The van der Waals surface area contributed by atoms with Crippen LogP contribution in [0.5, 0.6) is 5.75 Å². The number of nitrogens with zero attached hydrogens (tertiary/aromatic N) is 2. The zero-order chi connectivity index (χ0) is 18.7. The van der Waals surface area contributed by atoms with Gasteiger partial charge in [0.1, 0.15) is 5.75 Å². The fraction of sp³-hybridized carbons (Fsp3) is 0.238. The zero-order valence-electron chi connectivity index (χ0n) is 15.5. The molecule has 0 spiro atoms. The number of para-hydroxylation sites is 1. The molecule has 2 aromatic carbocycles. The summed E-state index contributed by atoms with van der Waals surface area (Å²) in [6, 6.07) is 15.4. The molecule has 1 N–H and O–H groups in total. The largest absolute Gasteiger partial charge is 0.496 e. The van der Waals surface area contributed by atoms with Crippen molar-refractivity contribution < 1.29 is 9.53 Å². The van der Waals surface area contributed by atoms with Gasteiger partial charge in [0.2, 0.25) is 0 Å². The molecule has 134 valence electrons. The van der Waals surface area contributed by atoms with Gasteiger partial charge in [0, 0.05) is 23.4 Å². The second kappa shape index (κ2) is 7.44. The number of hydrogen-bond acceptors (Lipinski definition) is 3. The van der Waals surface area contributed by atoms with Gasteiger partial charge in [-0.3, -0.25) is 4.79 Å². The van der Waals surface area contributed by atoms with E-state index in [0.29, 0.717) is 17.9 Å². The van der Waals surface area contributed by atoms with Crippen molar-refractivity contribution in [2.75, 3.05) is 7.11 Å². The summed E-state index contributed by atoms with van der Waals surface area (Å²) in [7, 11) is 1.61. The fourth-order valence-corrected chi connectivity index (χ4v) is 2.98. The van der Waals surface area contributed by atoms with Crippen molar-refractivity contribution in [3.8, 4) is 11.4 Å². The number of ether oxygens (including phenoxy) is 1. The summed E-state index contributed by atoms with van der Waals surface area (Å²) in [5.74, 6) is 0.580. The fourth-order valence-electron chi connectivity index (χ4n) is 2.98. The van der Waals surface area contributed by atoms with E-state index in [1.165, 1.54) is 0 Å². The van der Waals surface area contributed by atoms with Crippen molar-refractivity contribution in [3.05, 3.63) is 76.6 Å². The van der Waals surface area contributed by atoms with Gasteiger partial charge in [0.05, 0.1) is 18.5 Å². The van der Waals surface area contributed by atoms with E-state index in [9.17, 15) is 4.79 Å². The Bertz CT molecular complexity index is 930. The van der Waals surface area contributed by atoms with Crippen LogP contribution in [0.2, 0.25) is 0 Å². The topological polar surface area (TPSA) is 56.1 Å². The number of methoxy groups -OCH3 is 1. The third-order valence-electron chi connectivity index (χ3n) is 4.54. The lowest BCUT2D eigenvalue weighted by Gasteiger charge is -2.09. The Morgan fingerprint density at radius 1 is 1.12 bits per heavy atom. The Kier molecular flexibility index (Phi) is 5.07. The molecule has 0 saturated heterocycles. The number of carbonyl (C=O) groups excluding carboxylic acids is 1. The predicted molar refractivity (Wildman–Crippen MR) is 102 cm³/mol. The minimum Gasteiger partial charge on any atom is -0.496 e. The van der Waals surface area contributed by atoms with Crippen LogP contribution in [0.25, 0.3) is 5.69 Å². The van der Waals surface area contributed by atoms with Crippen LogP contribution in [0.15, 0.2) is 48.5 Å². The number of benzene rings is 2. The normalized spacial score (nSPS) is 10.6. The highest BCUT2D eigenvalue weighted by molar-refractivity contribution is 5.94. The molecule has 0 aliphatic carbocycles. The second-order valence-electron chi connectivity index (χ2n) is 6.26. The van der Waals surface area contributed by atoms with Crippen molar-refractivity contribution in [3.63, 3.8) is 0 Å². The summed E-state index contributed by atoms with van der Waals surface area (Å²) in [5, 5.41) is 7.60. The van der Waals surface area contributed by atoms with E-state index in [2.05, 4.69) is 10.4 Å². The maximum absolute atomic E-state index is 12.5. The lowest BCUT2D eigenvalue weighted by molar-refractivity contribution is 0.0950. The van der Waals surface area contributed by atoms with E-state index in [-0.39, 0.29) is 5.91 Å². The zero-order valence-corrected chi connectivity index (χ0v) is 15.5. The van der Waals surface area contributed by atoms with E-state index in [1.807, 2.05) is 61.9 Å². The van der Waals surface area contributed by atoms with Crippen LogP contribution in [-0.2, 0) is 6.54 Å². The number of hydrogen-bond donors (Lipinski definition) is 1. The van der Waals surface area contributed by atoms with Crippen molar-refractivity contribution in [1.29, 1.82) is 0 Å². The predicted octanol–water partition coefficient (Wildman–Crippen LogP) is 3.74. The molecule has 1 heterocycles. The van der Waals surface area contributed by atoms with E-state index in [4.69, 9.17) is 4.74 Å². The summed E-state index contributed by atoms with van der Waals surface area (Å²) in [6.45, 7) is 6.36. The van der Waals surface area contributed by atoms with E-state index >= 15 is 0 Å². The van der Waals surface area contributed by atoms with Crippen LogP contribution < -0.4 is 10.1 Å². The minimum absolute atomic E-state index is 0.130. The maximum atomic E-state index is 12.5. The van der Waals surface area contributed by atoms with Crippen molar-refractivity contribution in [1.82, 2.24) is 15.1 Å². The van der Waals surface area contributed by atoms with E-state index in [0.717, 1.165) is 28.2 Å². The number of aromatic nitrogens is 2. The molecule has 0 unspecified atom stereocenters. The van der Waals surface area contributed by atoms with Gasteiger partial charge in [-0.25, -0.2) is 4.68 Å². The Labute approximate surface area is 153 Å². The quantitative estimate of drug-likeness (QED) is 0.763. The lowest BCUT2D eigenvalue weighted by Crippen LogP contribution is -2.23. The summed E-state index contributed by atoms with van der Waals surface area (Å²) in [4.78, 5) is 12.5. The van der Waals surface area contributed by atoms with E-state index in [1.54, 1.807) is 19.2 Å². The molecule has 0 fully saturated rings. The van der Waals surface area contributed by atoms with Gasteiger partial charge >= 0.3 is 0 Å². The molecule has 0 saturated carbocycles. The van der Waals surface area contributed by atoms with Gasteiger partial charge < -0.3 is 10.1 Å². The van der Waals surface area contributed by atoms with Crippen molar-refractivity contribution in [2.45, 2.75) is 27.3 Å². The van der Waals surface area contributed by atoms with Gasteiger partial charge in [-0.1, -0.05) is 24.3 Å². The second-order valence-corrected chi connectivity index (χ2v) is 6.26. The van der Waals surface area contributed by atoms with Crippen molar-refractivity contribution >= 4 is 5.91 Å². The minimum atomic E-state index is -0.130. The highest BCUT2D eigenvalue weighted by atomic mass is 16.5. The highest BCUT2D eigenvalue weighted by Gasteiger charge is 2.15. The first-order chi connectivity index (χ1) is 12.5. The molecule has 5 heteroatoms.